The van der Waals surface area contributed by atoms with E-state index in [0.717, 1.165) is 16.5 Å². The first-order valence-corrected chi connectivity index (χ1v) is 8.75. The summed E-state index contributed by atoms with van der Waals surface area (Å²) in [5.41, 5.74) is 2.54. The molecule has 1 aliphatic rings. The lowest BCUT2D eigenvalue weighted by Gasteiger charge is -2.22. The van der Waals surface area contributed by atoms with Gasteiger partial charge >= 0.3 is 0 Å². The second-order valence-corrected chi connectivity index (χ2v) is 7.92. The van der Waals surface area contributed by atoms with Gasteiger partial charge in [-0.05, 0) is 25.0 Å². The Labute approximate surface area is 123 Å². The van der Waals surface area contributed by atoms with E-state index in [0.29, 0.717) is 12.1 Å². The van der Waals surface area contributed by atoms with Gasteiger partial charge in [-0.3, -0.25) is 4.79 Å². The Morgan fingerprint density at radius 2 is 2.14 bits per heavy atom. The van der Waals surface area contributed by atoms with Crippen molar-refractivity contribution in [2.24, 2.45) is 0 Å². The van der Waals surface area contributed by atoms with Crippen molar-refractivity contribution in [3.05, 3.63) is 35.5 Å². The third kappa shape index (κ3) is 2.55. The molecule has 21 heavy (non-hydrogen) atoms. The van der Waals surface area contributed by atoms with Crippen molar-refractivity contribution in [1.29, 1.82) is 0 Å². The van der Waals surface area contributed by atoms with Crippen molar-refractivity contribution in [1.82, 2.24) is 9.88 Å². The molecule has 1 aromatic carbocycles. The number of para-hydroxylation sites is 1. The number of aromatic amines is 1. The number of hydrogen-bond acceptors (Lipinski definition) is 3. The van der Waals surface area contributed by atoms with E-state index in [2.05, 4.69) is 4.98 Å². The Kier molecular flexibility index (Phi) is 3.28. The predicted molar refractivity (Wildman–Crippen MR) is 82.2 cm³/mol. The van der Waals surface area contributed by atoms with Crippen LogP contribution in [0.4, 0.5) is 0 Å². The number of nitrogens with zero attached hydrogens (tertiary/aromatic N) is 1. The number of hydrogen-bond donors (Lipinski definition) is 1. The minimum Gasteiger partial charge on any atom is -0.350 e. The van der Waals surface area contributed by atoms with Gasteiger partial charge in [0.15, 0.2) is 9.84 Å². The van der Waals surface area contributed by atoms with Crippen molar-refractivity contribution in [2.45, 2.75) is 19.4 Å². The fourth-order valence-electron chi connectivity index (χ4n) is 2.86. The molecular weight excluding hydrogens is 288 g/mol. The first-order valence-electron chi connectivity index (χ1n) is 6.93. The Morgan fingerprint density at radius 3 is 2.76 bits per heavy atom. The van der Waals surface area contributed by atoms with Crippen LogP contribution in [0.5, 0.6) is 0 Å². The van der Waals surface area contributed by atoms with Crippen molar-refractivity contribution < 1.29 is 13.2 Å². The number of carbonyl (C=O) groups excluding carboxylic acids is 1. The van der Waals surface area contributed by atoms with Crippen LogP contribution in [0, 0.1) is 6.92 Å². The average molecular weight is 306 g/mol. The molecule has 5 nitrogen and oxygen atoms in total. The number of H-pyrrole nitrogens is 1. The molecule has 3 rings (SSSR count). The van der Waals surface area contributed by atoms with E-state index in [9.17, 15) is 13.2 Å². The van der Waals surface area contributed by atoms with E-state index >= 15 is 0 Å². The molecule has 1 fully saturated rings. The number of aromatic nitrogens is 1. The molecule has 0 aliphatic carbocycles. The molecule has 1 aromatic heterocycles. The summed E-state index contributed by atoms with van der Waals surface area (Å²) in [4.78, 5) is 17.2. The summed E-state index contributed by atoms with van der Waals surface area (Å²) >= 11 is 0. The number of benzene rings is 1. The van der Waals surface area contributed by atoms with E-state index in [-0.39, 0.29) is 23.5 Å². The highest BCUT2D eigenvalue weighted by Crippen LogP contribution is 2.22. The van der Waals surface area contributed by atoms with E-state index in [1.807, 2.05) is 31.2 Å². The van der Waals surface area contributed by atoms with Crippen molar-refractivity contribution in [3.63, 3.8) is 0 Å². The summed E-state index contributed by atoms with van der Waals surface area (Å²) in [7, 11) is -1.32. The zero-order chi connectivity index (χ0) is 15.2. The van der Waals surface area contributed by atoms with Crippen LogP contribution in [0.15, 0.2) is 24.3 Å². The Balaban J connectivity index is 1.88. The monoisotopic (exact) mass is 306 g/mol. The van der Waals surface area contributed by atoms with Gasteiger partial charge in [0.05, 0.1) is 11.5 Å². The maximum Gasteiger partial charge on any atom is 0.270 e. The average Bonchev–Trinajstić information content (AvgIpc) is 3.01. The maximum absolute atomic E-state index is 12.5. The molecule has 1 N–H and O–H groups in total. The lowest BCUT2D eigenvalue weighted by molar-refractivity contribution is 0.0743. The third-order valence-corrected chi connectivity index (χ3v) is 5.92. The molecule has 1 atom stereocenters. The highest BCUT2D eigenvalue weighted by atomic mass is 32.2. The molecule has 2 heterocycles. The number of aryl methyl sites for hydroxylation is 1. The molecule has 1 unspecified atom stereocenters. The first kappa shape index (κ1) is 14.1. The number of carbonyl (C=O) groups is 1. The van der Waals surface area contributed by atoms with Crippen LogP contribution in [-0.4, -0.2) is 48.8 Å². The molecule has 2 aromatic rings. The number of rotatable bonds is 2. The molecule has 0 spiro atoms. The van der Waals surface area contributed by atoms with Crippen molar-refractivity contribution in [3.8, 4) is 0 Å². The zero-order valence-electron chi connectivity index (χ0n) is 12.1. The van der Waals surface area contributed by atoms with Gasteiger partial charge in [-0.25, -0.2) is 8.42 Å². The van der Waals surface area contributed by atoms with Crippen LogP contribution < -0.4 is 0 Å². The van der Waals surface area contributed by atoms with Crippen LogP contribution in [0.3, 0.4) is 0 Å². The minimum atomic E-state index is -2.99. The zero-order valence-corrected chi connectivity index (χ0v) is 12.9. The fourth-order valence-corrected chi connectivity index (χ4v) is 4.63. The molecule has 1 amide bonds. The number of nitrogens with one attached hydrogen (secondary N) is 1. The lowest BCUT2D eigenvalue weighted by atomic mass is 10.2. The van der Waals surface area contributed by atoms with E-state index in [1.165, 1.54) is 0 Å². The summed E-state index contributed by atoms with van der Waals surface area (Å²) in [6.07, 6.45) is 0.518. The minimum absolute atomic E-state index is 0.0640. The smallest absolute Gasteiger partial charge is 0.270 e. The standard InChI is InChI=1S/C15H18N2O3S/c1-10-4-3-5-11-8-13(16-14(10)11)15(18)17(2)12-6-7-21(19,20)9-12/h3-5,8,12,16H,6-7,9H2,1-2H3. The number of sulfone groups is 1. The Morgan fingerprint density at radius 1 is 1.38 bits per heavy atom. The third-order valence-electron chi connectivity index (χ3n) is 4.17. The van der Waals surface area contributed by atoms with E-state index < -0.39 is 9.84 Å². The summed E-state index contributed by atoms with van der Waals surface area (Å²) < 4.78 is 23.1. The molecule has 0 saturated carbocycles. The summed E-state index contributed by atoms with van der Waals surface area (Å²) in [6.45, 7) is 1.99. The van der Waals surface area contributed by atoms with Crippen LogP contribution in [0.1, 0.15) is 22.5 Å². The second-order valence-electron chi connectivity index (χ2n) is 5.70. The molecular formula is C15H18N2O3S. The van der Waals surface area contributed by atoms with Gasteiger partial charge in [0.1, 0.15) is 5.69 Å². The van der Waals surface area contributed by atoms with E-state index in [1.54, 1.807) is 11.9 Å². The SMILES string of the molecule is Cc1cccc2cc(C(=O)N(C)C3CCS(=O)(=O)C3)[nH]c12. The van der Waals surface area contributed by atoms with E-state index in [4.69, 9.17) is 0 Å². The van der Waals surface area contributed by atoms with Gasteiger partial charge in [-0.1, -0.05) is 18.2 Å². The molecule has 112 valence electrons. The summed E-state index contributed by atoms with van der Waals surface area (Å²) in [5.74, 6) is 0.0722. The largest absolute Gasteiger partial charge is 0.350 e. The quantitative estimate of drug-likeness (QED) is 0.918. The molecule has 0 radical (unpaired) electrons. The first-order chi connectivity index (χ1) is 9.87. The number of amides is 1. The fraction of sp³-hybridized carbons (Fsp3) is 0.400. The second kappa shape index (κ2) is 4.87. The topological polar surface area (TPSA) is 70.2 Å². The van der Waals surface area contributed by atoms with Gasteiger partial charge in [-0.2, -0.15) is 0 Å². The summed E-state index contributed by atoms with van der Waals surface area (Å²) in [5, 5.41) is 0.991. The Hall–Kier alpha value is -1.82. The Bertz CT molecular complexity index is 807. The van der Waals surface area contributed by atoms with Crippen LogP contribution in [0.25, 0.3) is 10.9 Å². The lowest BCUT2D eigenvalue weighted by Crippen LogP contribution is -2.37. The van der Waals surface area contributed by atoms with Gasteiger partial charge in [0, 0.05) is 24.0 Å². The normalized spacial score (nSPS) is 20.8. The maximum atomic E-state index is 12.5. The van der Waals surface area contributed by atoms with Crippen LogP contribution >= 0.6 is 0 Å². The molecule has 6 heteroatoms. The molecule has 1 saturated heterocycles. The van der Waals surface area contributed by atoms with Crippen molar-refractivity contribution >= 4 is 26.6 Å². The highest BCUT2D eigenvalue weighted by molar-refractivity contribution is 7.91. The highest BCUT2D eigenvalue weighted by Gasteiger charge is 2.33. The van der Waals surface area contributed by atoms with Crippen molar-refractivity contribution in [2.75, 3.05) is 18.6 Å². The van der Waals surface area contributed by atoms with Gasteiger partial charge in [-0.15, -0.1) is 0 Å². The van der Waals surface area contributed by atoms with Crippen LogP contribution in [0.2, 0.25) is 0 Å². The van der Waals surface area contributed by atoms with Gasteiger partial charge in [0.2, 0.25) is 0 Å². The van der Waals surface area contributed by atoms with Crippen LogP contribution in [-0.2, 0) is 9.84 Å². The summed E-state index contributed by atoms with van der Waals surface area (Å²) in [6, 6.07) is 7.49. The molecule has 1 aliphatic heterocycles. The van der Waals surface area contributed by atoms with Gasteiger partial charge in [0.25, 0.3) is 5.91 Å². The molecule has 0 bridgehead atoms. The number of fused-ring (bicyclic) bond motifs is 1. The predicted octanol–water partition coefficient (Wildman–Crippen LogP) is 1.74. The van der Waals surface area contributed by atoms with Gasteiger partial charge < -0.3 is 9.88 Å².